The fourth-order valence-electron chi connectivity index (χ4n) is 3.21. The lowest BCUT2D eigenvalue weighted by atomic mass is 10.1. The van der Waals surface area contributed by atoms with Gasteiger partial charge in [-0.05, 0) is 36.9 Å². The summed E-state index contributed by atoms with van der Waals surface area (Å²) in [4.78, 5) is 17.9. The summed E-state index contributed by atoms with van der Waals surface area (Å²) < 4.78 is 6.56. The molecule has 1 atom stereocenters. The maximum absolute atomic E-state index is 12.9. The number of thioether (sulfide) groups is 1. The Morgan fingerprint density at radius 3 is 2.86 bits per heavy atom. The van der Waals surface area contributed by atoms with Crippen LogP contribution in [0.25, 0.3) is 5.70 Å². The molecule has 1 amide bonds. The van der Waals surface area contributed by atoms with Gasteiger partial charge in [0.1, 0.15) is 11.4 Å². The average molecular weight is 459 g/mol. The van der Waals surface area contributed by atoms with Crippen LogP contribution in [0.1, 0.15) is 25.6 Å². The third-order valence-electron chi connectivity index (χ3n) is 4.35. The first-order valence-electron chi connectivity index (χ1n) is 9.03. The van der Waals surface area contributed by atoms with Crippen LogP contribution in [0.3, 0.4) is 0 Å². The van der Waals surface area contributed by atoms with Gasteiger partial charge in [0.2, 0.25) is 0 Å². The normalized spacial score (nSPS) is 17.9. The lowest BCUT2D eigenvalue weighted by Gasteiger charge is -2.34. The van der Waals surface area contributed by atoms with Crippen molar-refractivity contribution >= 4 is 44.5 Å². The third-order valence-corrected chi connectivity index (χ3v) is 5.82. The number of halogens is 1. The van der Waals surface area contributed by atoms with Gasteiger partial charge in [0.25, 0.3) is 5.91 Å². The molecule has 0 aliphatic carbocycles. The number of nitrogens with zero attached hydrogens (tertiary/aromatic N) is 3. The van der Waals surface area contributed by atoms with E-state index in [1.54, 1.807) is 5.01 Å². The highest BCUT2D eigenvalue weighted by atomic mass is 79.9. The second-order valence-electron chi connectivity index (χ2n) is 6.12. The summed E-state index contributed by atoms with van der Waals surface area (Å²) in [7, 11) is 0. The van der Waals surface area contributed by atoms with Crippen molar-refractivity contribution in [2.45, 2.75) is 20.0 Å². The summed E-state index contributed by atoms with van der Waals surface area (Å²) in [6.45, 7) is 4.54. The molecule has 2 aliphatic heterocycles. The van der Waals surface area contributed by atoms with E-state index in [1.165, 1.54) is 11.8 Å². The zero-order valence-electron chi connectivity index (χ0n) is 15.5. The number of hydrogen-bond acceptors (Lipinski definition) is 6. The van der Waals surface area contributed by atoms with E-state index in [0.29, 0.717) is 17.5 Å². The summed E-state index contributed by atoms with van der Waals surface area (Å²) in [6, 6.07) is 13.4. The maximum Gasteiger partial charge on any atom is 0.276 e. The molecular formula is C20H19BrN4O2S. The first kappa shape index (κ1) is 19.0. The number of ether oxygens (including phenoxy) is 1. The molecule has 8 heteroatoms. The number of carbonyl (C=O) groups is 1. The van der Waals surface area contributed by atoms with Gasteiger partial charge in [0.05, 0.1) is 12.0 Å². The van der Waals surface area contributed by atoms with Crippen molar-refractivity contribution in [3.63, 3.8) is 0 Å². The quantitative estimate of drug-likeness (QED) is 0.764. The number of amidine groups is 1. The Labute approximate surface area is 175 Å². The number of hydrazone groups is 1. The van der Waals surface area contributed by atoms with Crippen molar-refractivity contribution in [1.82, 2.24) is 10.3 Å². The molecule has 2 heterocycles. The molecule has 0 unspecified atom stereocenters. The summed E-state index contributed by atoms with van der Waals surface area (Å²) in [6.07, 6.45) is -0.474. The number of hydrogen-bond donors (Lipinski definition) is 1. The zero-order chi connectivity index (χ0) is 19.7. The number of amides is 1. The van der Waals surface area contributed by atoms with Gasteiger partial charge in [-0.1, -0.05) is 52.8 Å². The van der Waals surface area contributed by atoms with Crippen molar-refractivity contribution in [1.29, 1.82) is 0 Å². The van der Waals surface area contributed by atoms with E-state index < -0.39 is 6.17 Å². The Morgan fingerprint density at radius 2 is 2.07 bits per heavy atom. The largest absolute Gasteiger partial charge is 0.494 e. The first-order chi connectivity index (χ1) is 13.6. The van der Waals surface area contributed by atoms with Crippen LogP contribution in [0.15, 0.2) is 57.0 Å². The van der Waals surface area contributed by atoms with Crippen LogP contribution in [-0.4, -0.2) is 28.4 Å². The van der Waals surface area contributed by atoms with Gasteiger partial charge < -0.3 is 4.74 Å². The summed E-state index contributed by atoms with van der Waals surface area (Å²) in [5, 5.41) is 11.4. The van der Waals surface area contributed by atoms with Crippen LogP contribution < -0.4 is 20.6 Å². The molecule has 28 heavy (non-hydrogen) atoms. The van der Waals surface area contributed by atoms with Gasteiger partial charge in [0, 0.05) is 15.3 Å². The fraction of sp³-hybridized carbons (Fsp3) is 0.250. The van der Waals surface area contributed by atoms with Crippen molar-refractivity contribution < 1.29 is 9.53 Å². The van der Waals surface area contributed by atoms with E-state index in [-0.39, 0.29) is 5.91 Å². The van der Waals surface area contributed by atoms with Gasteiger partial charge in [-0.3, -0.25) is 15.1 Å². The number of fused-ring (bicyclic) bond motifs is 2. The van der Waals surface area contributed by atoms with Crippen molar-refractivity contribution in [3.05, 3.63) is 63.1 Å². The second kappa shape index (κ2) is 7.97. The van der Waals surface area contributed by atoms with Gasteiger partial charge in [-0.15, -0.1) is 5.10 Å². The molecular weight excluding hydrogens is 440 g/mol. The van der Waals surface area contributed by atoms with E-state index in [1.807, 2.05) is 56.3 Å². The van der Waals surface area contributed by atoms with Crippen LogP contribution in [0.2, 0.25) is 0 Å². The van der Waals surface area contributed by atoms with Crippen molar-refractivity contribution in [2.75, 3.05) is 12.4 Å². The topological polar surface area (TPSA) is 66.3 Å². The minimum absolute atomic E-state index is 0.171. The number of carbonyl (C=O) groups excluding carboxylic acids is 1. The molecule has 0 spiro atoms. The molecule has 144 valence electrons. The molecule has 1 N–H and O–H groups in total. The van der Waals surface area contributed by atoms with E-state index in [0.717, 1.165) is 32.1 Å². The van der Waals surface area contributed by atoms with Crippen molar-refractivity contribution in [3.8, 4) is 5.75 Å². The number of benzene rings is 2. The van der Waals surface area contributed by atoms with Gasteiger partial charge in [-0.25, -0.2) is 5.01 Å². The highest BCUT2D eigenvalue weighted by molar-refractivity contribution is 9.10. The smallest absolute Gasteiger partial charge is 0.276 e. The average Bonchev–Trinajstić information content (AvgIpc) is 2.69. The van der Waals surface area contributed by atoms with Crippen LogP contribution in [0.4, 0.5) is 0 Å². The predicted molar refractivity (Wildman–Crippen MR) is 114 cm³/mol. The predicted octanol–water partition coefficient (Wildman–Crippen LogP) is 2.74. The standard InChI is InChI=1S/C20H19BrN4O2S/c1-3-27-12-9-10-15(21)14(11-12)18-22-16-8-6-5-7-13(16)17-19(26)23-20(28-4-2)24-25(17)18/h5-11,18H,3-4H2,1-2H3,(H,23,24,26)/t18-/m0/s1. The Hall–Kier alpha value is -2.32. The van der Waals surface area contributed by atoms with Crippen LogP contribution >= 0.6 is 27.7 Å². The molecule has 4 rings (SSSR count). The number of nitrogens with one attached hydrogen (secondary N) is 1. The minimum Gasteiger partial charge on any atom is -0.494 e. The Morgan fingerprint density at radius 1 is 1.25 bits per heavy atom. The maximum atomic E-state index is 12.9. The van der Waals surface area contributed by atoms with E-state index in [4.69, 9.17) is 14.8 Å². The highest BCUT2D eigenvalue weighted by Gasteiger charge is 2.35. The van der Waals surface area contributed by atoms with E-state index in [9.17, 15) is 4.79 Å². The van der Waals surface area contributed by atoms with Crippen LogP contribution in [-0.2, 0) is 4.79 Å². The Balaban J connectivity index is 1.93. The van der Waals surface area contributed by atoms with E-state index in [2.05, 4.69) is 21.2 Å². The molecule has 0 bridgehead atoms. The monoisotopic (exact) mass is 458 g/mol. The summed E-state index contributed by atoms with van der Waals surface area (Å²) in [5.74, 6) is 1.39. The fourth-order valence-corrected chi connectivity index (χ4v) is 4.24. The summed E-state index contributed by atoms with van der Waals surface area (Å²) >= 11 is 5.12. The summed E-state index contributed by atoms with van der Waals surface area (Å²) in [5.41, 5.74) is 1.39. The van der Waals surface area contributed by atoms with Crippen molar-refractivity contribution in [2.24, 2.45) is 10.1 Å². The SMILES string of the molecule is CCOc1ccc(Br)c([C@H]2N=c3ccccc3=C3C(=O)NC(SCC)=NN32)c1. The molecule has 2 aliphatic rings. The molecule has 0 aromatic heterocycles. The molecule has 0 fully saturated rings. The molecule has 0 saturated heterocycles. The first-order valence-corrected chi connectivity index (χ1v) is 10.8. The van der Waals surface area contributed by atoms with Gasteiger partial charge in [0.15, 0.2) is 11.3 Å². The highest BCUT2D eigenvalue weighted by Crippen LogP contribution is 2.36. The van der Waals surface area contributed by atoms with Gasteiger partial charge in [-0.2, -0.15) is 0 Å². The number of para-hydroxylation sites is 1. The van der Waals surface area contributed by atoms with E-state index >= 15 is 0 Å². The second-order valence-corrected chi connectivity index (χ2v) is 8.23. The van der Waals surface area contributed by atoms with Gasteiger partial charge >= 0.3 is 0 Å². The zero-order valence-corrected chi connectivity index (χ0v) is 17.9. The van der Waals surface area contributed by atoms with Crippen LogP contribution in [0, 0.1) is 0 Å². The Kier molecular flexibility index (Phi) is 5.41. The number of rotatable bonds is 4. The third kappa shape index (κ3) is 3.42. The molecule has 0 radical (unpaired) electrons. The molecule has 2 aromatic rings. The molecule has 2 aromatic carbocycles. The Bertz CT molecular complexity index is 1090. The lowest BCUT2D eigenvalue weighted by molar-refractivity contribution is -0.116. The van der Waals surface area contributed by atoms with Crippen LogP contribution in [0.5, 0.6) is 5.75 Å². The molecule has 6 nitrogen and oxygen atoms in total. The minimum atomic E-state index is -0.474. The molecule has 0 saturated carbocycles. The lowest BCUT2D eigenvalue weighted by Crippen LogP contribution is -2.50.